The van der Waals surface area contributed by atoms with E-state index < -0.39 is 0 Å². The maximum absolute atomic E-state index is 9.24. The number of rotatable bonds is 4. The molecule has 3 aromatic rings. The van der Waals surface area contributed by atoms with Crippen molar-refractivity contribution in [1.29, 1.82) is 0 Å². The van der Waals surface area contributed by atoms with Crippen LogP contribution in [0.2, 0.25) is 0 Å². The van der Waals surface area contributed by atoms with Gasteiger partial charge in [-0.3, -0.25) is 0 Å². The van der Waals surface area contributed by atoms with Crippen LogP contribution in [0.3, 0.4) is 0 Å². The van der Waals surface area contributed by atoms with Gasteiger partial charge in [-0.25, -0.2) is 9.97 Å². The molecule has 1 N–H and O–H groups in total. The first-order valence-corrected chi connectivity index (χ1v) is 8.47. The van der Waals surface area contributed by atoms with Crippen molar-refractivity contribution in [3.05, 3.63) is 48.9 Å². The molecule has 1 aliphatic rings. The van der Waals surface area contributed by atoms with Crippen LogP contribution in [-0.4, -0.2) is 32.4 Å². The van der Waals surface area contributed by atoms with Crippen LogP contribution in [0.5, 0.6) is 0 Å². The van der Waals surface area contributed by atoms with Gasteiger partial charge in [0.1, 0.15) is 23.2 Å². The minimum atomic E-state index is -0.0718. The molecule has 5 nitrogen and oxygen atoms in total. The molecular formula is C17H17N3O2S. The van der Waals surface area contributed by atoms with Crippen LogP contribution in [0.15, 0.2) is 58.8 Å². The molecule has 1 aromatic carbocycles. The van der Waals surface area contributed by atoms with E-state index in [1.807, 2.05) is 35.0 Å². The second-order valence-electron chi connectivity index (χ2n) is 5.53. The van der Waals surface area contributed by atoms with Crippen molar-refractivity contribution in [1.82, 2.24) is 14.5 Å². The lowest BCUT2D eigenvalue weighted by Gasteiger charge is -2.14. The molecule has 118 valence electrons. The zero-order valence-corrected chi connectivity index (χ0v) is 13.3. The van der Waals surface area contributed by atoms with Crippen molar-refractivity contribution in [3.63, 3.8) is 0 Å². The number of aliphatic hydroxyl groups is 1. The molecular weight excluding hydrogens is 310 g/mol. The standard InChI is InChI=1S/C17H17N3O2S/c21-10-12-6-7-15(22-12)20-9-8-14-16(20)18-11-19-17(14)23-13-4-2-1-3-5-13/h1-5,8-9,11-12,15,21H,6-7,10H2. The number of ether oxygens (including phenoxy) is 1. The zero-order chi connectivity index (χ0) is 15.6. The van der Waals surface area contributed by atoms with Gasteiger partial charge in [0.2, 0.25) is 0 Å². The Morgan fingerprint density at radius 2 is 2.04 bits per heavy atom. The van der Waals surface area contributed by atoms with E-state index in [4.69, 9.17) is 4.74 Å². The van der Waals surface area contributed by atoms with Gasteiger partial charge in [0.05, 0.1) is 18.1 Å². The number of aromatic nitrogens is 3. The highest BCUT2D eigenvalue weighted by Gasteiger charge is 2.27. The first kappa shape index (κ1) is 14.7. The lowest BCUT2D eigenvalue weighted by molar-refractivity contribution is -0.0204. The molecule has 1 saturated heterocycles. The number of hydrogen-bond donors (Lipinski definition) is 1. The summed E-state index contributed by atoms with van der Waals surface area (Å²) in [5.74, 6) is 0. The smallest absolute Gasteiger partial charge is 0.146 e. The second-order valence-corrected chi connectivity index (χ2v) is 6.59. The molecule has 0 amide bonds. The quantitative estimate of drug-likeness (QED) is 0.745. The molecule has 0 radical (unpaired) electrons. The van der Waals surface area contributed by atoms with E-state index in [1.165, 1.54) is 0 Å². The molecule has 6 heteroatoms. The Balaban J connectivity index is 1.67. The topological polar surface area (TPSA) is 60.2 Å². The second kappa shape index (κ2) is 6.31. The molecule has 0 bridgehead atoms. The molecule has 3 heterocycles. The van der Waals surface area contributed by atoms with E-state index >= 15 is 0 Å². The number of benzene rings is 1. The summed E-state index contributed by atoms with van der Waals surface area (Å²) in [6, 6.07) is 12.2. The van der Waals surface area contributed by atoms with Crippen LogP contribution in [0.1, 0.15) is 19.1 Å². The first-order chi connectivity index (χ1) is 11.3. The minimum Gasteiger partial charge on any atom is -0.394 e. The van der Waals surface area contributed by atoms with Crippen molar-refractivity contribution in [2.45, 2.75) is 35.1 Å². The number of hydrogen-bond acceptors (Lipinski definition) is 5. The molecule has 0 aliphatic carbocycles. The molecule has 23 heavy (non-hydrogen) atoms. The highest BCUT2D eigenvalue weighted by atomic mass is 32.2. The fourth-order valence-corrected chi connectivity index (χ4v) is 3.77. The Morgan fingerprint density at radius 1 is 1.17 bits per heavy atom. The lowest BCUT2D eigenvalue weighted by atomic mass is 10.2. The summed E-state index contributed by atoms with van der Waals surface area (Å²) >= 11 is 1.63. The van der Waals surface area contributed by atoms with Gasteiger partial charge in [0, 0.05) is 11.1 Å². The van der Waals surface area contributed by atoms with E-state index in [2.05, 4.69) is 22.1 Å². The Morgan fingerprint density at radius 3 is 2.83 bits per heavy atom. The maximum atomic E-state index is 9.24. The number of fused-ring (bicyclic) bond motifs is 1. The van der Waals surface area contributed by atoms with Gasteiger partial charge < -0.3 is 14.4 Å². The summed E-state index contributed by atoms with van der Waals surface area (Å²) in [6.45, 7) is 0.0692. The van der Waals surface area contributed by atoms with Gasteiger partial charge in [-0.15, -0.1) is 0 Å². The summed E-state index contributed by atoms with van der Waals surface area (Å²) in [5.41, 5.74) is 0.877. The fourth-order valence-electron chi connectivity index (χ4n) is 2.89. The van der Waals surface area contributed by atoms with Crippen LogP contribution >= 0.6 is 11.8 Å². The Hall–Kier alpha value is -1.89. The summed E-state index contributed by atoms with van der Waals surface area (Å²) < 4.78 is 7.91. The van der Waals surface area contributed by atoms with Crippen molar-refractivity contribution in [3.8, 4) is 0 Å². The third-order valence-electron chi connectivity index (χ3n) is 4.03. The predicted octanol–water partition coefficient (Wildman–Crippen LogP) is 3.25. The molecule has 2 atom stereocenters. The number of nitrogens with zero attached hydrogens (tertiary/aromatic N) is 3. The Labute approximate surface area is 138 Å². The number of aliphatic hydroxyl groups excluding tert-OH is 1. The summed E-state index contributed by atoms with van der Waals surface area (Å²) in [4.78, 5) is 10.0. The Bertz CT molecular complexity index is 806. The Kier molecular flexibility index (Phi) is 4.03. The van der Waals surface area contributed by atoms with E-state index in [1.54, 1.807) is 18.1 Å². The summed E-state index contributed by atoms with van der Waals surface area (Å²) in [6.07, 6.45) is 5.23. The van der Waals surface area contributed by atoms with E-state index in [0.29, 0.717) is 0 Å². The normalized spacial score (nSPS) is 21.1. The average Bonchev–Trinajstić information content (AvgIpc) is 3.22. The summed E-state index contributed by atoms with van der Waals surface area (Å²) in [5, 5.41) is 11.2. The van der Waals surface area contributed by atoms with Gasteiger partial charge in [0.15, 0.2) is 0 Å². The lowest BCUT2D eigenvalue weighted by Crippen LogP contribution is -2.14. The van der Waals surface area contributed by atoms with Gasteiger partial charge in [0.25, 0.3) is 0 Å². The third kappa shape index (κ3) is 2.85. The van der Waals surface area contributed by atoms with Gasteiger partial charge in [-0.2, -0.15) is 0 Å². The van der Waals surface area contributed by atoms with Gasteiger partial charge >= 0.3 is 0 Å². The molecule has 0 spiro atoms. The highest BCUT2D eigenvalue weighted by Crippen LogP contribution is 2.35. The van der Waals surface area contributed by atoms with Crippen LogP contribution in [0, 0.1) is 0 Å². The van der Waals surface area contributed by atoms with Crippen molar-refractivity contribution >= 4 is 22.8 Å². The van der Waals surface area contributed by atoms with Crippen molar-refractivity contribution in [2.24, 2.45) is 0 Å². The monoisotopic (exact) mass is 327 g/mol. The largest absolute Gasteiger partial charge is 0.394 e. The van der Waals surface area contributed by atoms with Crippen molar-refractivity contribution < 1.29 is 9.84 Å². The zero-order valence-electron chi connectivity index (χ0n) is 12.5. The predicted molar refractivity (Wildman–Crippen MR) is 88.3 cm³/mol. The molecule has 2 aromatic heterocycles. The average molecular weight is 327 g/mol. The van der Waals surface area contributed by atoms with E-state index in [9.17, 15) is 5.11 Å². The molecule has 2 unspecified atom stereocenters. The third-order valence-corrected chi connectivity index (χ3v) is 5.06. The summed E-state index contributed by atoms with van der Waals surface area (Å²) in [7, 11) is 0. The first-order valence-electron chi connectivity index (χ1n) is 7.66. The van der Waals surface area contributed by atoms with Crippen LogP contribution < -0.4 is 0 Å². The van der Waals surface area contributed by atoms with Gasteiger partial charge in [-0.05, 0) is 31.0 Å². The minimum absolute atomic E-state index is 0.0610. The van der Waals surface area contributed by atoms with Crippen LogP contribution in [0.25, 0.3) is 11.0 Å². The SMILES string of the molecule is OCC1CCC(n2ccc3c(Sc4ccccc4)ncnc32)O1. The highest BCUT2D eigenvalue weighted by molar-refractivity contribution is 7.99. The van der Waals surface area contributed by atoms with Crippen LogP contribution in [0.4, 0.5) is 0 Å². The molecule has 1 fully saturated rings. The fraction of sp³-hybridized carbons (Fsp3) is 0.294. The van der Waals surface area contributed by atoms with E-state index in [-0.39, 0.29) is 18.9 Å². The van der Waals surface area contributed by atoms with Crippen molar-refractivity contribution in [2.75, 3.05) is 6.61 Å². The molecule has 4 rings (SSSR count). The van der Waals surface area contributed by atoms with E-state index in [0.717, 1.165) is 33.8 Å². The maximum Gasteiger partial charge on any atom is 0.146 e. The van der Waals surface area contributed by atoms with Gasteiger partial charge in [-0.1, -0.05) is 30.0 Å². The molecule has 0 saturated carbocycles. The molecule has 1 aliphatic heterocycles. The van der Waals surface area contributed by atoms with Crippen LogP contribution in [-0.2, 0) is 4.74 Å².